The molecule has 3 aromatic carbocycles. The van der Waals surface area contributed by atoms with Crippen molar-refractivity contribution >= 4 is 55.1 Å². The fourth-order valence-electron chi connectivity index (χ4n) is 3.82. The number of sulfonamides is 1. The molecule has 1 atom stereocenters. The number of halogens is 2. The van der Waals surface area contributed by atoms with E-state index in [9.17, 15) is 18.0 Å². The Labute approximate surface area is 244 Å². The number of amides is 2. The minimum absolute atomic E-state index is 0.0498. The zero-order valence-corrected chi connectivity index (χ0v) is 25.8. The lowest BCUT2D eigenvalue weighted by atomic mass is 10.1. The minimum Gasteiger partial charge on any atom is -0.350 e. The van der Waals surface area contributed by atoms with Crippen molar-refractivity contribution < 1.29 is 18.0 Å². The molecule has 0 radical (unpaired) electrons. The van der Waals surface area contributed by atoms with Crippen LogP contribution in [0.2, 0.25) is 5.02 Å². The fraction of sp³-hybridized carbons (Fsp3) is 0.310. The zero-order valence-electron chi connectivity index (χ0n) is 22.6. The highest BCUT2D eigenvalue weighted by Crippen LogP contribution is 2.26. The van der Waals surface area contributed by atoms with Crippen LogP contribution in [-0.4, -0.2) is 43.3 Å². The largest absolute Gasteiger partial charge is 0.350 e. The van der Waals surface area contributed by atoms with Crippen molar-refractivity contribution in [3.63, 3.8) is 0 Å². The molecule has 39 heavy (non-hydrogen) atoms. The van der Waals surface area contributed by atoms with Gasteiger partial charge in [-0.2, -0.15) is 0 Å². The van der Waals surface area contributed by atoms with Gasteiger partial charge in [0, 0.05) is 21.6 Å². The molecule has 3 aromatic rings. The molecule has 0 bridgehead atoms. The Kier molecular flexibility index (Phi) is 9.85. The third-order valence-corrected chi connectivity index (χ3v) is 8.50. The van der Waals surface area contributed by atoms with E-state index in [4.69, 9.17) is 11.6 Å². The van der Waals surface area contributed by atoms with Crippen LogP contribution in [0.5, 0.6) is 0 Å². The number of nitrogens with one attached hydrogen (secondary N) is 1. The number of carbonyl (C=O) groups excluding carboxylic acids is 2. The zero-order chi connectivity index (χ0) is 29.0. The van der Waals surface area contributed by atoms with Crippen LogP contribution in [0, 0.1) is 6.92 Å². The summed E-state index contributed by atoms with van der Waals surface area (Å²) in [6.07, 6.45) is 0. The molecule has 0 aromatic heterocycles. The van der Waals surface area contributed by atoms with E-state index in [0.717, 1.165) is 19.9 Å². The molecule has 0 aliphatic carbocycles. The molecule has 3 rings (SSSR count). The van der Waals surface area contributed by atoms with Crippen molar-refractivity contribution in [3.05, 3.63) is 93.4 Å². The molecular formula is C29H33BrClN3O4S. The van der Waals surface area contributed by atoms with Crippen molar-refractivity contribution in [2.75, 3.05) is 10.8 Å². The molecule has 10 heteroatoms. The van der Waals surface area contributed by atoms with Gasteiger partial charge in [-0.3, -0.25) is 13.9 Å². The number of aryl methyl sites for hydroxylation is 1. The van der Waals surface area contributed by atoms with Gasteiger partial charge in [0.25, 0.3) is 10.0 Å². The normalized spacial score (nSPS) is 12.5. The van der Waals surface area contributed by atoms with Gasteiger partial charge < -0.3 is 10.2 Å². The van der Waals surface area contributed by atoms with Crippen LogP contribution >= 0.6 is 27.5 Å². The molecule has 1 N–H and O–H groups in total. The Morgan fingerprint density at radius 1 is 0.949 bits per heavy atom. The minimum atomic E-state index is -4.13. The highest BCUT2D eigenvalue weighted by Gasteiger charge is 2.33. The summed E-state index contributed by atoms with van der Waals surface area (Å²) in [6, 6.07) is 19.2. The lowest BCUT2D eigenvalue weighted by Crippen LogP contribution is -2.54. The Balaban J connectivity index is 2.02. The van der Waals surface area contributed by atoms with Crippen LogP contribution in [0.4, 0.5) is 5.69 Å². The van der Waals surface area contributed by atoms with E-state index in [1.54, 1.807) is 43.3 Å². The monoisotopic (exact) mass is 633 g/mol. The number of hydrogen-bond donors (Lipinski definition) is 1. The standard InChI is InChI=1S/C29H33BrClN3O4S/c1-20-6-16-26(17-7-20)39(37,38)34(25-14-12-24(31)13-15-25)19-27(35)33(18-22-8-10-23(30)11-9-22)21(2)28(36)32-29(3,4)5/h6-17,21H,18-19H2,1-5H3,(H,32,36). The van der Waals surface area contributed by atoms with Crippen LogP contribution in [0.3, 0.4) is 0 Å². The Morgan fingerprint density at radius 2 is 1.51 bits per heavy atom. The van der Waals surface area contributed by atoms with Crippen molar-refractivity contribution in [1.29, 1.82) is 0 Å². The highest BCUT2D eigenvalue weighted by atomic mass is 79.9. The summed E-state index contributed by atoms with van der Waals surface area (Å²) in [5.41, 5.74) is 1.47. The third-order valence-electron chi connectivity index (χ3n) is 5.93. The summed E-state index contributed by atoms with van der Waals surface area (Å²) in [4.78, 5) is 28.5. The molecule has 0 fully saturated rings. The number of hydrogen-bond acceptors (Lipinski definition) is 4. The number of carbonyl (C=O) groups is 2. The first-order valence-corrected chi connectivity index (χ1v) is 15.0. The second-order valence-electron chi connectivity index (χ2n) is 10.4. The lowest BCUT2D eigenvalue weighted by Gasteiger charge is -2.33. The quantitative estimate of drug-likeness (QED) is 0.316. The van der Waals surface area contributed by atoms with Gasteiger partial charge in [0.2, 0.25) is 11.8 Å². The van der Waals surface area contributed by atoms with Crippen LogP contribution in [0.15, 0.2) is 82.2 Å². The van der Waals surface area contributed by atoms with E-state index in [-0.39, 0.29) is 23.0 Å². The maximum absolute atomic E-state index is 13.9. The highest BCUT2D eigenvalue weighted by molar-refractivity contribution is 9.10. The van der Waals surface area contributed by atoms with E-state index in [0.29, 0.717) is 5.02 Å². The molecule has 0 aliphatic rings. The summed E-state index contributed by atoms with van der Waals surface area (Å²) >= 11 is 9.47. The van der Waals surface area contributed by atoms with Crippen molar-refractivity contribution in [3.8, 4) is 0 Å². The first kappa shape index (κ1) is 30.7. The van der Waals surface area contributed by atoms with E-state index in [1.807, 2.05) is 52.0 Å². The number of benzene rings is 3. The van der Waals surface area contributed by atoms with Crippen LogP contribution in [-0.2, 0) is 26.2 Å². The van der Waals surface area contributed by atoms with Gasteiger partial charge in [0.1, 0.15) is 12.6 Å². The Hall–Kier alpha value is -2.88. The van der Waals surface area contributed by atoms with Crippen molar-refractivity contribution in [1.82, 2.24) is 10.2 Å². The Morgan fingerprint density at radius 3 is 2.05 bits per heavy atom. The fourth-order valence-corrected chi connectivity index (χ4v) is 5.62. The molecule has 0 heterocycles. The van der Waals surface area contributed by atoms with Gasteiger partial charge in [-0.25, -0.2) is 8.42 Å². The maximum Gasteiger partial charge on any atom is 0.264 e. The molecule has 1 unspecified atom stereocenters. The van der Waals surface area contributed by atoms with Crippen LogP contribution in [0.25, 0.3) is 0 Å². The smallest absolute Gasteiger partial charge is 0.264 e. The van der Waals surface area contributed by atoms with Gasteiger partial charge >= 0.3 is 0 Å². The molecule has 0 saturated carbocycles. The Bertz CT molecular complexity index is 1400. The average Bonchev–Trinajstić information content (AvgIpc) is 2.86. The van der Waals surface area contributed by atoms with Crippen molar-refractivity contribution in [2.24, 2.45) is 0 Å². The maximum atomic E-state index is 13.9. The first-order chi connectivity index (χ1) is 18.2. The molecule has 0 aliphatic heterocycles. The van der Waals surface area contributed by atoms with Gasteiger partial charge in [0.15, 0.2) is 0 Å². The molecular weight excluding hydrogens is 602 g/mol. The summed E-state index contributed by atoms with van der Waals surface area (Å²) in [6.45, 7) is 8.67. The van der Waals surface area contributed by atoms with Gasteiger partial charge in [0.05, 0.1) is 10.6 Å². The van der Waals surface area contributed by atoms with Crippen LogP contribution in [0.1, 0.15) is 38.8 Å². The summed E-state index contributed by atoms with van der Waals surface area (Å²) in [7, 11) is -4.13. The van der Waals surface area contributed by atoms with Crippen molar-refractivity contribution in [2.45, 2.75) is 57.6 Å². The molecule has 0 saturated heterocycles. The van der Waals surface area contributed by atoms with Crippen LogP contribution < -0.4 is 9.62 Å². The predicted molar refractivity (Wildman–Crippen MR) is 159 cm³/mol. The van der Waals surface area contributed by atoms with Gasteiger partial charge in [-0.1, -0.05) is 57.4 Å². The SMILES string of the molecule is Cc1ccc(S(=O)(=O)N(CC(=O)N(Cc2ccc(Br)cc2)C(C)C(=O)NC(C)(C)C)c2ccc(Cl)cc2)cc1. The van der Waals surface area contributed by atoms with E-state index in [1.165, 1.54) is 17.0 Å². The number of rotatable bonds is 9. The third kappa shape index (κ3) is 8.30. The first-order valence-electron chi connectivity index (χ1n) is 12.4. The number of anilines is 1. The topological polar surface area (TPSA) is 86.8 Å². The molecule has 2 amide bonds. The molecule has 208 valence electrons. The second kappa shape index (κ2) is 12.5. The summed E-state index contributed by atoms with van der Waals surface area (Å²) < 4.78 is 29.6. The van der Waals surface area contributed by atoms with E-state index in [2.05, 4.69) is 21.2 Å². The van der Waals surface area contributed by atoms with Gasteiger partial charge in [-0.15, -0.1) is 0 Å². The number of nitrogens with zero attached hydrogens (tertiary/aromatic N) is 2. The van der Waals surface area contributed by atoms with Gasteiger partial charge in [-0.05, 0) is 88.7 Å². The average molecular weight is 635 g/mol. The second-order valence-corrected chi connectivity index (χ2v) is 13.6. The summed E-state index contributed by atoms with van der Waals surface area (Å²) in [5, 5.41) is 3.35. The predicted octanol–water partition coefficient (Wildman–Crippen LogP) is 5.94. The lowest BCUT2D eigenvalue weighted by molar-refractivity contribution is -0.140. The van der Waals surface area contributed by atoms with E-state index < -0.39 is 34.1 Å². The van der Waals surface area contributed by atoms with E-state index >= 15 is 0 Å². The summed E-state index contributed by atoms with van der Waals surface area (Å²) in [5.74, 6) is -0.868. The molecule has 7 nitrogen and oxygen atoms in total. The molecule has 0 spiro atoms.